The van der Waals surface area contributed by atoms with Crippen molar-refractivity contribution in [1.29, 1.82) is 0 Å². The van der Waals surface area contributed by atoms with E-state index >= 15 is 0 Å². The van der Waals surface area contributed by atoms with E-state index in [1.165, 1.54) is 0 Å². The van der Waals surface area contributed by atoms with E-state index in [-0.39, 0.29) is 12.1 Å². The molecule has 0 radical (unpaired) electrons. The molecule has 3 aliphatic rings. The first-order chi connectivity index (χ1) is 10.2. The van der Waals surface area contributed by atoms with Gasteiger partial charge in [0.15, 0.2) is 11.5 Å². The molecular weight excluding hydrogens is 274 g/mol. The van der Waals surface area contributed by atoms with Crippen LogP contribution >= 0.6 is 0 Å². The average Bonchev–Trinajstić information content (AvgIpc) is 3.11. The van der Waals surface area contributed by atoms with Crippen molar-refractivity contribution in [2.45, 2.75) is 30.6 Å². The Balaban J connectivity index is 1.62. The van der Waals surface area contributed by atoms with Crippen LogP contribution in [0.5, 0.6) is 0 Å². The monoisotopic (exact) mass is 287 g/mol. The van der Waals surface area contributed by atoms with Crippen LogP contribution in [0, 0.1) is 0 Å². The zero-order valence-electron chi connectivity index (χ0n) is 11.0. The molecule has 2 aromatic heterocycles. The van der Waals surface area contributed by atoms with Crippen molar-refractivity contribution in [3.05, 3.63) is 24.5 Å². The van der Waals surface area contributed by atoms with Crippen molar-refractivity contribution in [3.8, 4) is 11.4 Å². The number of nitrogens with one attached hydrogen (secondary N) is 1. The van der Waals surface area contributed by atoms with Gasteiger partial charge >= 0.3 is 0 Å². The number of fused-ring (bicyclic) bond motifs is 8. The number of hydrogen-bond donors (Lipinski definition) is 2. The Morgan fingerprint density at radius 2 is 2.24 bits per heavy atom. The van der Waals surface area contributed by atoms with Crippen molar-refractivity contribution in [2.24, 2.45) is 0 Å². The third kappa shape index (κ3) is 1.52. The summed E-state index contributed by atoms with van der Waals surface area (Å²) in [5.41, 5.74) is -0.353. The van der Waals surface area contributed by atoms with Crippen LogP contribution in [0.15, 0.2) is 24.5 Å². The number of aliphatic hydroxyl groups is 1. The summed E-state index contributed by atoms with van der Waals surface area (Å²) in [5, 5.41) is 18.2. The summed E-state index contributed by atoms with van der Waals surface area (Å²) in [7, 11) is 0. The average molecular weight is 287 g/mol. The molecule has 21 heavy (non-hydrogen) atoms. The van der Waals surface area contributed by atoms with E-state index in [2.05, 4.69) is 20.4 Å². The van der Waals surface area contributed by atoms with Gasteiger partial charge in [-0.3, -0.25) is 4.98 Å². The number of ether oxygens (including phenoxy) is 2. The molecule has 0 aliphatic carbocycles. The zero-order chi connectivity index (χ0) is 14.0. The maximum absolute atomic E-state index is 10.7. The molecular formula is C13H13N5O3. The van der Waals surface area contributed by atoms with Crippen LogP contribution in [-0.2, 0) is 9.47 Å². The number of aromatic nitrogens is 4. The van der Waals surface area contributed by atoms with Gasteiger partial charge in [0.25, 0.3) is 0 Å². The third-order valence-electron chi connectivity index (χ3n) is 4.26. The second kappa shape index (κ2) is 3.79. The van der Waals surface area contributed by atoms with E-state index in [9.17, 15) is 5.11 Å². The van der Waals surface area contributed by atoms with Gasteiger partial charge in [0.1, 0.15) is 6.10 Å². The fraction of sp³-hybridized carbons (Fsp3) is 0.462. The zero-order valence-corrected chi connectivity index (χ0v) is 11.0. The highest BCUT2D eigenvalue weighted by atomic mass is 16.7. The molecule has 8 heteroatoms. The van der Waals surface area contributed by atoms with Gasteiger partial charge in [-0.05, 0) is 12.1 Å². The van der Waals surface area contributed by atoms with Crippen molar-refractivity contribution >= 4 is 5.95 Å². The summed E-state index contributed by atoms with van der Waals surface area (Å²) in [5.74, 6) is 1.15. The Labute approximate surface area is 119 Å². The molecule has 2 N–H and O–H groups in total. The summed E-state index contributed by atoms with van der Waals surface area (Å²) in [6, 6.07) is 3.63. The van der Waals surface area contributed by atoms with Crippen LogP contribution in [0.3, 0.4) is 0 Å². The Morgan fingerprint density at radius 1 is 1.38 bits per heavy atom. The van der Waals surface area contributed by atoms with E-state index in [0.29, 0.717) is 24.8 Å². The van der Waals surface area contributed by atoms with Gasteiger partial charge in [0.05, 0.1) is 12.6 Å². The molecule has 0 unspecified atom stereocenters. The molecule has 4 atom stereocenters. The maximum atomic E-state index is 10.7. The van der Waals surface area contributed by atoms with Gasteiger partial charge in [-0.2, -0.15) is 4.98 Å². The summed E-state index contributed by atoms with van der Waals surface area (Å²) >= 11 is 0. The molecule has 5 heterocycles. The molecule has 8 nitrogen and oxygen atoms in total. The first-order valence-electron chi connectivity index (χ1n) is 6.87. The maximum Gasteiger partial charge on any atom is 0.224 e. The number of anilines is 1. The van der Waals surface area contributed by atoms with Crippen LogP contribution in [0.4, 0.5) is 5.95 Å². The molecule has 108 valence electrons. The van der Waals surface area contributed by atoms with Crippen molar-refractivity contribution in [3.63, 3.8) is 0 Å². The van der Waals surface area contributed by atoms with Gasteiger partial charge < -0.3 is 19.9 Å². The highest BCUT2D eigenvalue weighted by molar-refractivity contribution is 5.56. The van der Waals surface area contributed by atoms with E-state index in [0.717, 1.165) is 5.56 Å². The van der Waals surface area contributed by atoms with Crippen LogP contribution in [-0.4, -0.2) is 49.6 Å². The molecule has 2 aromatic rings. The second-order valence-electron chi connectivity index (χ2n) is 5.60. The lowest BCUT2D eigenvalue weighted by Gasteiger charge is -2.44. The predicted octanol–water partition coefficient (Wildman–Crippen LogP) is 0.140. The molecule has 0 amide bonds. The van der Waals surface area contributed by atoms with Crippen LogP contribution < -0.4 is 5.32 Å². The predicted molar refractivity (Wildman–Crippen MR) is 70.1 cm³/mol. The molecule has 0 aromatic carbocycles. The van der Waals surface area contributed by atoms with Crippen molar-refractivity contribution in [1.82, 2.24) is 19.7 Å². The van der Waals surface area contributed by atoms with Gasteiger partial charge in [0, 0.05) is 24.4 Å². The van der Waals surface area contributed by atoms with E-state index in [4.69, 9.17) is 9.47 Å². The van der Waals surface area contributed by atoms with Crippen molar-refractivity contribution in [2.75, 3.05) is 11.9 Å². The Bertz CT molecular complexity index is 705. The molecule has 2 fully saturated rings. The van der Waals surface area contributed by atoms with Gasteiger partial charge in [-0.25, -0.2) is 4.68 Å². The fourth-order valence-electron chi connectivity index (χ4n) is 3.23. The summed E-state index contributed by atoms with van der Waals surface area (Å²) in [6.07, 6.45) is 3.16. The lowest BCUT2D eigenvalue weighted by molar-refractivity contribution is -0.215. The highest BCUT2D eigenvalue weighted by Crippen LogP contribution is 2.45. The minimum Gasteiger partial charge on any atom is -0.366 e. The minimum atomic E-state index is -1.24. The van der Waals surface area contributed by atoms with Gasteiger partial charge in [-0.15, -0.1) is 5.10 Å². The van der Waals surface area contributed by atoms with Crippen LogP contribution in [0.25, 0.3) is 11.4 Å². The molecule has 0 spiro atoms. The first kappa shape index (κ1) is 11.6. The number of nitrogens with zero attached hydrogens (tertiary/aromatic N) is 4. The standard InChI is InChI=1S/C13H13N5O3/c19-13-5-8(9-6-20-11(13)21-9)18-12(16-13)15-10(17-18)7-1-3-14-4-2-7/h1-4,8-9,11,19H,5-6H2,(H,15,16,17)/t8-,9-,11-,13+/m1/s1. The Morgan fingerprint density at radius 3 is 3.10 bits per heavy atom. The van der Waals surface area contributed by atoms with Crippen LogP contribution in [0.2, 0.25) is 0 Å². The number of pyridine rings is 1. The molecule has 4 bridgehead atoms. The third-order valence-corrected chi connectivity index (χ3v) is 4.26. The normalized spacial score (nSPS) is 36.1. The lowest BCUT2D eigenvalue weighted by atomic mass is 9.95. The largest absolute Gasteiger partial charge is 0.366 e. The highest BCUT2D eigenvalue weighted by Gasteiger charge is 2.57. The minimum absolute atomic E-state index is 0.0758. The number of rotatable bonds is 1. The quantitative estimate of drug-likeness (QED) is 0.770. The van der Waals surface area contributed by atoms with Gasteiger partial charge in [-0.1, -0.05) is 0 Å². The molecule has 0 saturated carbocycles. The van der Waals surface area contributed by atoms with Crippen molar-refractivity contribution < 1.29 is 14.6 Å². The second-order valence-corrected chi connectivity index (χ2v) is 5.60. The lowest BCUT2D eigenvalue weighted by Crippen LogP contribution is -2.58. The Hall–Kier alpha value is -2.03. The van der Waals surface area contributed by atoms with E-state index in [1.807, 2.05) is 12.1 Å². The van der Waals surface area contributed by atoms with Gasteiger partial charge in [0.2, 0.25) is 12.2 Å². The first-order valence-corrected chi connectivity index (χ1v) is 6.87. The summed E-state index contributed by atoms with van der Waals surface area (Å²) in [4.78, 5) is 8.48. The Kier molecular flexibility index (Phi) is 2.09. The molecule has 5 rings (SSSR count). The number of hydrogen-bond acceptors (Lipinski definition) is 7. The van der Waals surface area contributed by atoms with E-state index < -0.39 is 12.0 Å². The SMILES string of the molecule is O[C@@]12C[C@H]([C@H]3CO[C@@H]1O3)n1nc(-c3ccncc3)nc1N2. The fourth-order valence-corrected chi connectivity index (χ4v) is 3.23. The van der Waals surface area contributed by atoms with Crippen LogP contribution in [0.1, 0.15) is 12.5 Å². The molecule has 2 saturated heterocycles. The summed E-state index contributed by atoms with van der Waals surface area (Å²) < 4.78 is 13.0. The smallest absolute Gasteiger partial charge is 0.224 e. The summed E-state index contributed by atoms with van der Waals surface area (Å²) in [6.45, 7) is 0.462. The molecule has 3 aliphatic heterocycles. The van der Waals surface area contributed by atoms with E-state index in [1.54, 1.807) is 17.1 Å². The topological polar surface area (TPSA) is 94.3 Å².